The van der Waals surface area contributed by atoms with Crippen LogP contribution < -0.4 is 0 Å². The van der Waals surface area contributed by atoms with E-state index in [9.17, 15) is 0 Å². The zero-order valence-corrected chi connectivity index (χ0v) is 16.9. The molecule has 2 aliphatic rings. The van der Waals surface area contributed by atoms with Gasteiger partial charge in [-0.2, -0.15) is 5.10 Å². The Kier molecular flexibility index (Phi) is 3.31. The molecule has 2 bridgehead atoms. The lowest BCUT2D eigenvalue weighted by Gasteiger charge is -2.34. The second kappa shape index (κ2) is 5.29. The van der Waals surface area contributed by atoms with Crippen LogP contribution in [-0.2, 0) is 5.41 Å². The molecule has 1 saturated carbocycles. The Morgan fingerprint density at radius 3 is 2.42 bits per heavy atom. The first-order valence-corrected chi connectivity index (χ1v) is 10.0. The highest BCUT2D eigenvalue weighted by Gasteiger charge is 2.62. The SMILES string of the molecule is CC12CCC(c3c1nn(-c1ccc(Br)cc1)c3-c1ccncc1)C2(C)C. The second-order valence-electron chi connectivity index (χ2n) is 8.38. The van der Waals surface area contributed by atoms with Crippen molar-refractivity contribution in [1.82, 2.24) is 14.8 Å². The molecular weight excluding hydrogens is 386 g/mol. The summed E-state index contributed by atoms with van der Waals surface area (Å²) in [5, 5.41) is 5.20. The highest BCUT2D eigenvalue weighted by Crippen LogP contribution is 2.68. The molecular formula is C22H22BrN3. The minimum absolute atomic E-state index is 0.148. The van der Waals surface area contributed by atoms with Crippen molar-refractivity contribution in [3.8, 4) is 16.9 Å². The molecule has 1 aromatic carbocycles. The summed E-state index contributed by atoms with van der Waals surface area (Å²) in [5.74, 6) is 0.565. The average Bonchev–Trinajstić information content (AvgIpc) is 3.19. The van der Waals surface area contributed by atoms with Crippen molar-refractivity contribution in [3.63, 3.8) is 0 Å². The molecule has 1 fully saturated rings. The van der Waals surface area contributed by atoms with Crippen molar-refractivity contribution in [2.24, 2.45) is 5.41 Å². The first-order chi connectivity index (χ1) is 12.4. The lowest BCUT2D eigenvalue weighted by atomic mass is 9.70. The fourth-order valence-corrected chi connectivity index (χ4v) is 5.42. The number of benzene rings is 1. The van der Waals surface area contributed by atoms with E-state index in [4.69, 9.17) is 5.10 Å². The van der Waals surface area contributed by atoms with Gasteiger partial charge in [0, 0.05) is 33.4 Å². The van der Waals surface area contributed by atoms with Gasteiger partial charge in [0.05, 0.1) is 17.1 Å². The highest BCUT2D eigenvalue weighted by atomic mass is 79.9. The topological polar surface area (TPSA) is 30.7 Å². The van der Waals surface area contributed by atoms with Gasteiger partial charge in [-0.05, 0) is 60.6 Å². The summed E-state index contributed by atoms with van der Waals surface area (Å²) in [6, 6.07) is 12.6. The van der Waals surface area contributed by atoms with Gasteiger partial charge in [-0.3, -0.25) is 4.98 Å². The fraction of sp³-hybridized carbons (Fsp3) is 0.364. The van der Waals surface area contributed by atoms with E-state index in [1.54, 1.807) is 0 Å². The van der Waals surface area contributed by atoms with Gasteiger partial charge in [0.15, 0.2) is 0 Å². The Morgan fingerprint density at radius 2 is 1.73 bits per heavy atom. The van der Waals surface area contributed by atoms with Crippen molar-refractivity contribution in [2.75, 3.05) is 0 Å². The quantitative estimate of drug-likeness (QED) is 0.531. The number of halogens is 1. The van der Waals surface area contributed by atoms with Crippen molar-refractivity contribution in [3.05, 3.63) is 64.5 Å². The van der Waals surface area contributed by atoms with Crippen LogP contribution in [0.15, 0.2) is 53.3 Å². The largest absolute Gasteiger partial charge is 0.265 e. The van der Waals surface area contributed by atoms with Gasteiger partial charge in [-0.1, -0.05) is 36.7 Å². The number of pyridine rings is 1. The average molecular weight is 408 g/mol. The van der Waals surface area contributed by atoms with E-state index in [0.717, 1.165) is 10.2 Å². The monoisotopic (exact) mass is 407 g/mol. The van der Waals surface area contributed by atoms with Gasteiger partial charge in [0.2, 0.25) is 0 Å². The minimum atomic E-state index is 0.148. The summed E-state index contributed by atoms with van der Waals surface area (Å²) in [7, 11) is 0. The molecule has 26 heavy (non-hydrogen) atoms. The molecule has 0 saturated heterocycles. The van der Waals surface area contributed by atoms with Gasteiger partial charge >= 0.3 is 0 Å². The molecule has 3 nitrogen and oxygen atoms in total. The first kappa shape index (κ1) is 16.2. The third kappa shape index (κ3) is 1.94. The third-order valence-corrected chi connectivity index (χ3v) is 7.57. The number of rotatable bonds is 2. The Bertz CT molecular complexity index is 988. The summed E-state index contributed by atoms with van der Waals surface area (Å²) >= 11 is 3.54. The standard InChI is InChI=1S/C22H22BrN3/c1-21(2)17-8-11-22(21,3)20-18(17)19(14-9-12-24-13-10-14)26(25-20)16-6-4-15(23)5-7-16/h4-7,9-10,12-13,17H,8,11H2,1-3H3. The summed E-state index contributed by atoms with van der Waals surface area (Å²) in [6.07, 6.45) is 6.23. The second-order valence-corrected chi connectivity index (χ2v) is 9.30. The normalized spacial score (nSPS) is 25.5. The van der Waals surface area contributed by atoms with E-state index < -0.39 is 0 Å². The smallest absolute Gasteiger partial charge is 0.0780 e. The Hall–Kier alpha value is -1.94. The molecule has 0 aliphatic heterocycles. The van der Waals surface area contributed by atoms with Gasteiger partial charge in [-0.15, -0.1) is 0 Å². The first-order valence-electron chi connectivity index (χ1n) is 9.23. The van der Waals surface area contributed by atoms with Gasteiger partial charge in [0.1, 0.15) is 0 Å². The zero-order valence-electron chi connectivity index (χ0n) is 15.3. The number of nitrogens with zero attached hydrogens (tertiary/aromatic N) is 3. The molecule has 2 heterocycles. The zero-order chi connectivity index (χ0) is 18.1. The summed E-state index contributed by atoms with van der Waals surface area (Å²) < 4.78 is 3.23. The highest BCUT2D eigenvalue weighted by molar-refractivity contribution is 9.10. The molecule has 3 aromatic rings. The van der Waals surface area contributed by atoms with Gasteiger partial charge < -0.3 is 0 Å². The van der Waals surface area contributed by atoms with Crippen LogP contribution in [0.4, 0.5) is 0 Å². The van der Waals surface area contributed by atoms with Crippen LogP contribution >= 0.6 is 15.9 Å². The maximum absolute atomic E-state index is 5.20. The van der Waals surface area contributed by atoms with E-state index in [0.29, 0.717) is 5.92 Å². The summed E-state index contributed by atoms with van der Waals surface area (Å²) in [4.78, 5) is 4.22. The van der Waals surface area contributed by atoms with Crippen LogP contribution in [0.2, 0.25) is 0 Å². The van der Waals surface area contributed by atoms with Crippen LogP contribution in [0.25, 0.3) is 16.9 Å². The third-order valence-electron chi connectivity index (χ3n) is 7.04. The number of fused-ring (bicyclic) bond motifs is 5. The van der Waals surface area contributed by atoms with Gasteiger partial charge in [0.25, 0.3) is 0 Å². The fourth-order valence-electron chi connectivity index (χ4n) is 5.15. The molecule has 0 spiro atoms. The Morgan fingerprint density at radius 1 is 1.04 bits per heavy atom. The maximum Gasteiger partial charge on any atom is 0.0780 e. The van der Waals surface area contributed by atoms with Crippen molar-refractivity contribution in [2.45, 2.75) is 44.9 Å². The van der Waals surface area contributed by atoms with Gasteiger partial charge in [-0.25, -0.2) is 4.68 Å². The van der Waals surface area contributed by atoms with Crippen LogP contribution in [0.5, 0.6) is 0 Å². The van der Waals surface area contributed by atoms with Crippen LogP contribution in [0.1, 0.15) is 50.8 Å². The molecule has 0 amide bonds. The predicted molar refractivity (Wildman–Crippen MR) is 108 cm³/mol. The number of hydrogen-bond donors (Lipinski definition) is 0. The summed E-state index contributed by atoms with van der Waals surface area (Å²) in [5.41, 5.74) is 6.71. The molecule has 2 unspecified atom stereocenters. The van der Waals surface area contributed by atoms with Crippen molar-refractivity contribution >= 4 is 15.9 Å². The molecule has 2 aromatic heterocycles. The van der Waals surface area contributed by atoms with E-state index in [2.05, 4.69) is 82.8 Å². The van der Waals surface area contributed by atoms with E-state index in [1.807, 2.05) is 12.4 Å². The molecule has 0 radical (unpaired) electrons. The molecule has 2 atom stereocenters. The lowest BCUT2D eigenvalue weighted by molar-refractivity contribution is 0.224. The Labute approximate surface area is 162 Å². The van der Waals surface area contributed by atoms with Crippen molar-refractivity contribution < 1.29 is 0 Å². The van der Waals surface area contributed by atoms with Crippen LogP contribution in [0, 0.1) is 5.41 Å². The molecule has 5 rings (SSSR count). The van der Waals surface area contributed by atoms with Crippen LogP contribution in [-0.4, -0.2) is 14.8 Å². The lowest BCUT2D eigenvalue weighted by Crippen LogP contribution is -2.32. The van der Waals surface area contributed by atoms with E-state index >= 15 is 0 Å². The molecule has 0 N–H and O–H groups in total. The molecule has 132 valence electrons. The predicted octanol–water partition coefficient (Wildman–Crippen LogP) is 5.87. The maximum atomic E-state index is 5.20. The molecule has 2 aliphatic carbocycles. The van der Waals surface area contributed by atoms with E-state index in [1.165, 1.54) is 35.4 Å². The molecule has 4 heteroatoms. The Balaban J connectivity index is 1.81. The minimum Gasteiger partial charge on any atom is -0.265 e. The summed E-state index contributed by atoms with van der Waals surface area (Å²) in [6.45, 7) is 7.26. The van der Waals surface area contributed by atoms with Crippen LogP contribution in [0.3, 0.4) is 0 Å². The number of aromatic nitrogens is 3. The van der Waals surface area contributed by atoms with Crippen molar-refractivity contribution in [1.29, 1.82) is 0 Å². The van der Waals surface area contributed by atoms with E-state index in [-0.39, 0.29) is 10.8 Å². The number of hydrogen-bond acceptors (Lipinski definition) is 2.